The smallest absolute Gasteiger partial charge is 0.260 e. The Morgan fingerprint density at radius 2 is 2.25 bits per heavy atom. The molecule has 1 aromatic rings. The maximum atomic E-state index is 10.5. The van der Waals surface area contributed by atoms with Crippen molar-refractivity contribution in [3.05, 3.63) is 45.3 Å². The number of aryl methyl sites for hydroxylation is 1. The second kappa shape index (κ2) is 3.01. The lowest BCUT2D eigenvalue weighted by molar-refractivity contribution is -0.384. The molecule has 0 fully saturated rings. The van der Waals surface area contributed by atoms with Crippen LogP contribution in [0, 0.1) is 23.6 Å². The van der Waals surface area contributed by atoms with E-state index in [1.807, 2.05) is 0 Å². The second-order valence-electron chi connectivity index (χ2n) is 2.31. The molecule has 0 saturated carbocycles. The van der Waals surface area contributed by atoms with Crippen molar-refractivity contribution in [2.75, 3.05) is 0 Å². The fourth-order valence-electron chi connectivity index (χ4n) is 0.971. The van der Waals surface area contributed by atoms with Crippen molar-refractivity contribution in [2.45, 2.75) is 6.92 Å². The summed E-state index contributed by atoms with van der Waals surface area (Å²) in [6.45, 7) is 8.31. The Balaban J connectivity index is 3.42. The highest BCUT2D eigenvalue weighted by Crippen LogP contribution is 2.29. The third-order valence-electron chi connectivity index (χ3n) is 1.52. The van der Waals surface area contributed by atoms with Crippen LogP contribution in [0.25, 0.3) is 4.85 Å². The Labute approximate surface area is 69.4 Å². The number of hydrogen-bond donors (Lipinski definition) is 0. The fraction of sp³-hybridized carbons (Fsp3) is 0.125. The monoisotopic (exact) mass is 162 g/mol. The normalized spacial score (nSPS) is 9.00. The van der Waals surface area contributed by atoms with Gasteiger partial charge in [0, 0.05) is 5.56 Å². The Kier molecular flexibility index (Phi) is 2.06. The molecule has 0 bridgehead atoms. The summed E-state index contributed by atoms with van der Waals surface area (Å²) in [6.07, 6.45) is 0. The van der Waals surface area contributed by atoms with Crippen molar-refractivity contribution in [2.24, 2.45) is 0 Å². The summed E-state index contributed by atoms with van der Waals surface area (Å²) >= 11 is 0. The molecule has 0 aliphatic carbocycles. The topological polar surface area (TPSA) is 47.5 Å². The third-order valence-corrected chi connectivity index (χ3v) is 1.52. The first-order valence-corrected chi connectivity index (χ1v) is 3.28. The Morgan fingerprint density at radius 3 is 2.67 bits per heavy atom. The zero-order chi connectivity index (χ0) is 9.14. The first-order valence-electron chi connectivity index (χ1n) is 3.28. The van der Waals surface area contributed by atoms with Crippen LogP contribution in [0.1, 0.15) is 5.56 Å². The minimum Gasteiger partial charge on any atom is -0.260 e. The number of nitro groups is 1. The van der Waals surface area contributed by atoms with Crippen LogP contribution in [0.15, 0.2) is 18.2 Å². The van der Waals surface area contributed by atoms with Gasteiger partial charge in [0.2, 0.25) is 0 Å². The molecule has 60 valence electrons. The van der Waals surface area contributed by atoms with Crippen LogP contribution in [0.2, 0.25) is 0 Å². The van der Waals surface area contributed by atoms with Crippen molar-refractivity contribution in [3.8, 4) is 0 Å². The minimum atomic E-state index is -0.525. The van der Waals surface area contributed by atoms with Gasteiger partial charge in [-0.25, -0.2) is 4.85 Å². The maximum absolute atomic E-state index is 10.5. The van der Waals surface area contributed by atoms with Crippen molar-refractivity contribution in [3.63, 3.8) is 0 Å². The number of para-hydroxylation sites is 1. The van der Waals surface area contributed by atoms with E-state index in [1.54, 1.807) is 19.1 Å². The van der Waals surface area contributed by atoms with E-state index in [0.717, 1.165) is 0 Å². The highest BCUT2D eigenvalue weighted by atomic mass is 16.6. The van der Waals surface area contributed by atoms with Crippen LogP contribution in [0.4, 0.5) is 11.4 Å². The van der Waals surface area contributed by atoms with Crippen LogP contribution in [0.3, 0.4) is 0 Å². The van der Waals surface area contributed by atoms with Crippen LogP contribution >= 0.6 is 0 Å². The van der Waals surface area contributed by atoms with Gasteiger partial charge in [-0.3, -0.25) is 10.1 Å². The molecule has 4 heteroatoms. The van der Waals surface area contributed by atoms with Crippen LogP contribution < -0.4 is 0 Å². The lowest BCUT2D eigenvalue weighted by atomic mass is 10.2. The summed E-state index contributed by atoms with van der Waals surface area (Å²) < 4.78 is 0. The SMILES string of the molecule is [C-]#[N+]c1cccc(C)c1[N+](=O)[O-]. The molecule has 12 heavy (non-hydrogen) atoms. The quantitative estimate of drug-likeness (QED) is 0.361. The van der Waals surface area contributed by atoms with E-state index >= 15 is 0 Å². The molecule has 0 saturated heterocycles. The van der Waals surface area contributed by atoms with E-state index < -0.39 is 4.92 Å². The van der Waals surface area contributed by atoms with Gasteiger partial charge >= 0.3 is 0 Å². The van der Waals surface area contributed by atoms with E-state index in [0.29, 0.717) is 5.56 Å². The van der Waals surface area contributed by atoms with E-state index in [4.69, 9.17) is 6.57 Å². The molecule has 0 spiro atoms. The van der Waals surface area contributed by atoms with Crippen LogP contribution in [-0.4, -0.2) is 4.92 Å². The predicted molar refractivity (Wildman–Crippen MR) is 44.1 cm³/mol. The Morgan fingerprint density at radius 1 is 1.58 bits per heavy atom. The highest BCUT2D eigenvalue weighted by Gasteiger charge is 2.15. The lowest BCUT2D eigenvalue weighted by Crippen LogP contribution is -1.90. The standard InChI is InChI=1S/C8H6N2O2/c1-6-4-3-5-7(9-2)8(6)10(11)12/h3-5H,1H3. The van der Waals surface area contributed by atoms with Crippen LogP contribution in [0.5, 0.6) is 0 Å². The summed E-state index contributed by atoms with van der Waals surface area (Å²) in [4.78, 5) is 13.0. The van der Waals surface area contributed by atoms with E-state index in [1.165, 1.54) is 6.07 Å². The first kappa shape index (κ1) is 8.21. The number of benzene rings is 1. The Bertz CT molecular complexity index is 366. The molecule has 0 aromatic heterocycles. The largest absolute Gasteiger partial charge is 0.281 e. The van der Waals surface area contributed by atoms with Gasteiger partial charge in [0.05, 0.1) is 11.5 Å². The fourth-order valence-corrected chi connectivity index (χ4v) is 0.971. The summed E-state index contributed by atoms with van der Waals surface area (Å²) in [5.74, 6) is 0. The van der Waals surface area contributed by atoms with Gasteiger partial charge in [-0.1, -0.05) is 12.1 Å². The molecular formula is C8H6N2O2. The van der Waals surface area contributed by atoms with E-state index in [-0.39, 0.29) is 11.4 Å². The van der Waals surface area contributed by atoms with E-state index in [9.17, 15) is 10.1 Å². The van der Waals surface area contributed by atoms with Crippen molar-refractivity contribution in [1.82, 2.24) is 0 Å². The first-order chi connectivity index (χ1) is 5.66. The summed E-state index contributed by atoms with van der Waals surface area (Å²) in [5, 5.41) is 10.5. The number of nitro benzene ring substituents is 1. The molecule has 0 aliphatic rings. The molecule has 0 N–H and O–H groups in total. The molecular weight excluding hydrogens is 156 g/mol. The second-order valence-corrected chi connectivity index (χ2v) is 2.31. The number of hydrogen-bond acceptors (Lipinski definition) is 2. The molecule has 0 amide bonds. The number of rotatable bonds is 1. The molecule has 0 radical (unpaired) electrons. The van der Waals surface area contributed by atoms with Gasteiger partial charge in [0.15, 0.2) is 0 Å². The average Bonchev–Trinajstić information content (AvgIpc) is 2.03. The molecule has 0 unspecified atom stereocenters. The molecule has 1 rings (SSSR count). The van der Waals surface area contributed by atoms with Gasteiger partial charge in [-0.2, -0.15) is 0 Å². The third kappa shape index (κ3) is 1.25. The van der Waals surface area contributed by atoms with Crippen molar-refractivity contribution in [1.29, 1.82) is 0 Å². The minimum absolute atomic E-state index is 0.0903. The van der Waals surface area contributed by atoms with Crippen LogP contribution in [-0.2, 0) is 0 Å². The zero-order valence-electron chi connectivity index (χ0n) is 6.44. The zero-order valence-corrected chi connectivity index (χ0v) is 6.44. The van der Waals surface area contributed by atoms with Gasteiger partial charge in [0.1, 0.15) is 0 Å². The Hall–Kier alpha value is -1.89. The van der Waals surface area contributed by atoms with Gasteiger partial charge in [-0.15, -0.1) is 0 Å². The molecule has 0 heterocycles. The van der Waals surface area contributed by atoms with Crippen molar-refractivity contribution >= 4 is 11.4 Å². The van der Waals surface area contributed by atoms with Gasteiger partial charge < -0.3 is 0 Å². The lowest BCUT2D eigenvalue weighted by Gasteiger charge is -1.96. The number of nitrogens with zero attached hydrogens (tertiary/aromatic N) is 2. The summed E-state index contributed by atoms with van der Waals surface area (Å²) in [7, 11) is 0. The summed E-state index contributed by atoms with van der Waals surface area (Å²) in [6, 6.07) is 4.70. The average molecular weight is 162 g/mol. The van der Waals surface area contributed by atoms with Crippen molar-refractivity contribution < 1.29 is 4.92 Å². The molecule has 0 atom stereocenters. The molecule has 4 nitrogen and oxygen atoms in total. The highest BCUT2D eigenvalue weighted by molar-refractivity contribution is 5.65. The molecule has 0 aliphatic heterocycles. The predicted octanol–water partition coefficient (Wildman–Crippen LogP) is 2.45. The summed E-state index contributed by atoms with van der Waals surface area (Å²) in [5.41, 5.74) is 0.529. The maximum Gasteiger partial charge on any atom is 0.281 e. The molecule has 1 aromatic carbocycles. The van der Waals surface area contributed by atoms with E-state index in [2.05, 4.69) is 4.85 Å². The van der Waals surface area contributed by atoms with Gasteiger partial charge in [-0.05, 0) is 13.0 Å². The van der Waals surface area contributed by atoms with Gasteiger partial charge in [0.25, 0.3) is 11.4 Å².